The molecule has 1 fully saturated rings. The highest BCUT2D eigenvalue weighted by molar-refractivity contribution is 7.09. The first-order chi connectivity index (χ1) is 11.7. The Morgan fingerprint density at radius 2 is 1.88 bits per heavy atom. The maximum Gasteiger partial charge on any atom is 0.234 e. The molecule has 3 rings (SSSR count). The number of rotatable bonds is 6. The van der Waals surface area contributed by atoms with E-state index in [1.165, 1.54) is 0 Å². The average Bonchev–Trinajstić information content (AvgIpc) is 3.01. The van der Waals surface area contributed by atoms with Crippen LogP contribution in [0, 0.1) is 6.92 Å². The molecule has 1 aromatic heterocycles. The Balaban J connectivity index is 1.36. The second-order valence-corrected chi connectivity index (χ2v) is 7.23. The quantitative estimate of drug-likeness (QED) is 0.869. The van der Waals surface area contributed by atoms with Crippen LogP contribution in [0.1, 0.15) is 16.3 Å². The van der Waals surface area contributed by atoms with Crippen LogP contribution in [0.2, 0.25) is 0 Å². The monoisotopic (exact) mass is 344 g/mol. The number of benzene rings is 1. The molecular formula is C18H24N4OS. The highest BCUT2D eigenvalue weighted by Gasteiger charge is 2.19. The maximum absolute atomic E-state index is 12.1. The highest BCUT2D eigenvalue weighted by Crippen LogP contribution is 2.12. The molecule has 5 nitrogen and oxygen atoms in total. The first-order valence-electron chi connectivity index (χ1n) is 8.35. The Labute approximate surface area is 147 Å². The summed E-state index contributed by atoms with van der Waals surface area (Å²) < 4.78 is 0. The van der Waals surface area contributed by atoms with Gasteiger partial charge in [-0.15, -0.1) is 11.3 Å². The van der Waals surface area contributed by atoms with E-state index in [0.717, 1.165) is 49.0 Å². The minimum atomic E-state index is 0.0995. The molecule has 0 radical (unpaired) electrons. The number of piperazine rings is 1. The van der Waals surface area contributed by atoms with E-state index < -0.39 is 0 Å². The van der Waals surface area contributed by atoms with Crippen LogP contribution in [0.25, 0.3) is 0 Å². The van der Waals surface area contributed by atoms with Crippen LogP contribution in [0.15, 0.2) is 35.7 Å². The molecule has 0 atom stereocenters. The van der Waals surface area contributed by atoms with Crippen molar-refractivity contribution in [1.82, 2.24) is 20.1 Å². The number of amides is 1. The molecule has 0 bridgehead atoms. The summed E-state index contributed by atoms with van der Waals surface area (Å²) in [6, 6.07) is 10.0. The third-order valence-electron chi connectivity index (χ3n) is 4.22. The van der Waals surface area contributed by atoms with Gasteiger partial charge in [0.05, 0.1) is 17.2 Å². The van der Waals surface area contributed by atoms with Gasteiger partial charge < -0.3 is 5.32 Å². The average molecular weight is 344 g/mol. The highest BCUT2D eigenvalue weighted by atomic mass is 32.1. The maximum atomic E-state index is 12.1. The first-order valence-corrected chi connectivity index (χ1v) is 9.23. The van der Waals surface area contributed by atoms with E-state index in [9.17, 15) is 4.79 Å². The molecule has 6 heteroatoms. The van der Waals surface area contributed by atoms with Gasteiger partial charge in [-0.25, -0.2) is 4.98 Å². The third-order valence-corrected chi connectivity index (χ3v) is 5.04. The van der Waals surface area contributed by atoms with Gasteiger partial charge in [-0.3, -0.25) is 14.6 Å². The van der Waals surface area contributed by atoms with Gasteiger partial charge in [-0.05, 0) is 12.5 Å². The lowest BCUT2D eigenvalue weighted by molar-refractivity contribution is -0.122. The number of hydrogen-bond acceptors (Lipinski definition) is 5. The zero-order valence-corrected chi connectivity index (χ0v) is 14.9. The zero-order valence-electron chi connectivity index (χ0n) is 14.1. The lowest BCUT2D eigenvalue weighted by Crippen LogP contribution is -2.49. The van der Waals surface area contributed by atoms with E-state index in [0.29, 0.717) is 13.1 Å². The van der Waals surface area contributed by atoms with Crippen molar-refractivity contribution in [3.8, 4) is 0 Å². The second-order valence-electron chi connectivity index (χ2n) is 6.17. The van der Waals surface area contributed by atoms with Gasteiger partial charge in [0.15, 0.2) is 0 Å². The van der Waals surface area contributed by atoms with Crippen LogP contribution in [0.5, 0.6) is 0 Å². The number of carbonyl (C=O) groups excluding carboxylic acids is 1. The lowest BCUT2D eigenvalue weighted by atomic mass is 10.2. The van der Waals surface area contributed by atoms with Crippen molar-refractivity contribution in [2.45, 2.75) is 20.0 Å². The van der Waals surface area contributed by atoms with E-state index in [1.807, 2.05) is 37.3 Å². The van der Waals surface area contributed by atoms with E-state index in [2.05, 4.69) is 25.5 Å². The van der Waals surface area contributed by atoms with Gasteiger partial charge in [0.1, 0.15) is 0 Å². The molecule has 2 heterocycles. The minimum absolute atomic E-state index is 0.0995. The number of carbonyl (C=O) groups is 1. The molecule has 0 unspecified atom stereocenters. The van der Waals surface area contributed by atoms with Crippen LogP contribution in [-0.2, 0) is 17.9 Å². The molecule has 0 spiro atoms. The van der Waals surface area contributed by atoms with Crippen LogP contribution in [0.4, 0.5) is 0 Å². The van der Waals surface area contributed by atoms with Crippen LogP contribution in [-0.4, -0.2) is 53.4 Å². The summed E-state index contributed by atoms with van der Waals surface area (Å²) >= 11 is 1.70. The zero-order chi connectivity index (χ0) is 16.8. The third kappa shape index (κ3) is 5.12. The predicted molar refractivity (Wildman–Crippen MR) is 96.9 cm³/mol. The van der Waals surface area contributed by atoms with Gasteiger partial charge >= 0.3 is 0 Å². The molecule has 1 N–H and O–H groups in total. The van der Waals surface area contributed by atoms with Crippen LogP contribution < -0.4 is 5.32 Å². The van der Waals surface area contributed by atoms with Gasteiger partial charge in [0, 0.05) is 44.6 Å². The molecule has 0 aliphatic carbocycles. The summed E-state index contributed by atoms with van der Waals surface area (Å²) in [5.74, 6) is 0.0995. The summed E-state index contributed by atoms with van der Waals surface area (Å²) in [6.45, 7) is 7.88. The number of nitrogens with zero attached hydrogens (tertiary/aromatic N) is 3. The summed E-state index contributed by atoms with van der Waals surface area (Å²) in [5, 5.41) is 6.26. The van der Waals surface area contributed by atoms with Crippen molar-refractivity contribution < 1.29 is 4.79 Å². The van der Waals surface area contributed by atoms with E-state index in [-0.39, 0.29) is 5.91 Å². The lowest BCUT2D eigenvalue weighted by Gasteiger charge is -2.33. The Morgan fingerprint density at radius 3 is 2.54 bits per heavy atom. The fourth-order valence-corrected chi connectivity index (χ4v) is 3.47. The normalized spacial score (nSPS) is 16.2. The summed E-state index contributed by atoms with van der Waals surface area (Å²) in [4.78, 5) is 21.2. The number of thiazole rings is 1. The summed E-state index contributed by atoms with van der Waals surface area (Å²) in [6.07, 6.45) is 0. The first kappa shape index (κ1) is 17.1. The molecule has 1 aliphatic heterocycles. The van der Waals surface area contributed by atoms with Crippen molar-refractivity contribution in [3.05, 3.63) is 52.0 Å². The van der Waals surface area contributed by atoms with Gasteiger partial charge in [-0.2, -0.15) is 0 Å². The van der Waals surface area contributed by atoms with Gasteiger partial charge in [-0.1, -0.05) is 30.3 Å². The van der Waals surface area contributed by atoms with Crippen molar-refractivity contribution in [2.75, 3.05) is 32.7 Å². The standard InChI is InChI=1S/C18H24N4OS/c1-15-20-17(14-24-15)12-21-7-9-22(10-8-21)13-18(23)19-11-16-5-3-2-4-6-16/h2-6,14H,7-13H2,1H3,(H,19,23). The number of nitrogens with one attached hydrogen (secondary N) is 1. The molecular weight excluding hydrogens is 320 g/mol. The smallest absolute Gasteiger partial charge is 0.234 e. The minimum Gasteiger partial charge on any atom is -0.351 e. The molecule has 1 aromatic carbocycles. The molecule has 0 saturated carbocycles. The Bertz CT molecular complexity index is 650. The number of aromatic nitrogens is 1. The van der Waals surface area contributed by atoms with Crippen molar-refractivity contribution in [2.24, 2.45) is 0 Å². The fourth-order valence-electron chi connectivity index (χ4n) is 2.87. The number of aryl methyl sites for hydroxylation is 1. The molecule has 128 valence electrons. The van der Waals surface area contributed by atoms with Gasteiger partial charge in [0.2, 0.25) is 5.91 Å². The molecule has 1 amide bonds. The van der Waals surface area contributed by atoms with Gasteiger partial charge in [0.25, 0.3) is 0 Å². The van der Waals surface area contributed by atoms with Crippen LogP contribution in [0.3, 0.4) is 0 Å². The molecule has 2 aromatic rings. The second kappa shape index (κ2) is 8.37. The number of hydrogen-bond donors (Lipinski definition) is 1. The Hall–Kier alpha value is -1.76. The van der Waals surface area contributed by atoms with E-state index in [1.54, 1.807) is 11.3 Å². The van der Waals surface area contributed by atoms with E-state index >= 15 is 0 Å². The Kier molecular flexibility index (Phi) is 5.96. The summed E-state index contributed by atoms with van der Waals surface area (Å²) in [5.41, 5.74) is 2.29. The molecule has 24 heavy (non-hydrogen) atoms. The van der Waals surface area contributed by atoms with E-state index in [4.69, 9.17) is 0 Å². The van der Waals surface area contributed by atoms with Crippen molar-refractivity contribution in [1.29, 1.82) is 0 Å². The fraction of sp³-hybridized carbons (Fsp3) is 0.444. The largest absolute Gasteiger partial charge is 0.351 e. The Morgan fingerprint density at radius 1 is 1.17 bits per heavy atom. The van der Waals surface area contributed by atoms with Crippen molar-refractivity contribution >= 4 is 17.2 Å². The summed E-state index contributed by atoms with van der Waals surface area (Å²) in [7, 11) is 0. The SMILES string of the molecule is Cc1nc(CN2CCN(CC(=O)NCc3ccccc3)CC2)cs1. The van der Waals surface area contributed by atoms with Crippen LogP contribution >= 0.6 is 11.3 Å². The molecule has 1 aliphatic rings. The van der Waals surface area contributed by atoms with Crippen molar-refractivity contribution in [3.63, 3.8) is 0 Å². The topological polar surface area (TPSA) is 48.5 Å². The predicted octanol–water partition coefficient (Wildman–Crippen LogP) is 1.89. The molecule has 1 saturated heterocycles.